The van der Waals surface area contributed by atoms with E-state index in [1.165, 1.54) is 36.5 Å². The predicted molar refractivity (Wildman–Crippen MR) is 142 cm³/mol. The quantitative estimate of drug-likeness (QED) is 0.239. The molecule has 0 saturated carbocycles. The molecule has 0 spiro atoms. The summed E-state index contributed by atoms with van der Waals surface area (Å²) in [6, 6.07) is 11.3. The molecule has 1 aliphatic rings. The van der Waals surface area contributed by atoms with E-state index in [1.54, 1.807) is 6.07 Å². The number of rotatable bonds is 7. The van der Waals surface area contributed by atoms with Gasteiger partial charge in [-0.2, -0.15) is 26.3 Å². The molecule has 1 fully saturated rings. The Morgan fingerprint density at radius 1 is 0.951 bits per heavy atom. The lowest BCUT2D eigenvalue weighted by atomic mass is 9.99. The van der Waals surface area contributed by atoms with Crippen LogP contribution in [0.15, 0.2) is 60.8 Å². The Kier molecular flexibility index (Phi) is 8.14. The lowest BCUT2D eigenvalue weighted by Crippen LogP contribution is -2.38. The molecule has 1 saturated heterocycles. The minimum Gasteiger partial charge on any atom is -0.396 e. The van der Waals surface area contributed by atoms with Crippen LogP contribution in [0.25, 0.3) is 22.2 Å². The fourth-order valence-corrected chi connectivity index (χ4v) is 5.04. The topological polar surface area (TPSA) is 74.2 Å². The second kappa shape index (κ2) is 11.6. The third-order valence-electron chi connectivity index (χ3n) is 7.12. The van der Waals surface area contributed by atoms with Gasteiger partial charge >= 0.3 is 12.4 Å². The highest BCUT2D eigenvalue weighted by Crippen LogP contribution is 2.37. The van der Waals surface area contributed by atoms with Gasteiger partial charge in [-0.25, -0.2) is 9.97 Å². The summed E-state index contributed by atoms with van der Waals surface area (Å²) >= 11 is 0. The lowest BCUT2D eigenvalue weighted by Gasteiger charge is -2.31. The molecule has 4 aromatic rings. The summed E-state index contributed by atoms with van der Waals surface area (Å²) in [5, 5.41) is 13.1. The average Bonchev–Trinajstić information content (AvgIpc) is 2.95. The zero-order chi connectivity index (χ0) is 29.2. The van der Waals surface area contributed by atoms with Gasteiger partial charge < -0.3 is 15.3 Å². The Balaban J connectivity index is 1.51. The van der Waals surface area contributed by atoms with E-state index in [1.807, 2.05) is 0 Å². The Labute approximate surface area is 232 Å². The first-order valence-corrected chi connectivity index (χ1v) is 13.1. The summed E-state index contributed by atoms with van der Waals surface area (Å²) in [6.07, 6.45) is -5.46. The van der Waals surface area contributed by atoms with Crippen molar-refractivity contribution < 1.29 is 31.4 Å². The van der Waals surface area contributed by atoms with Gasteiger partial charge in [-0.15, -0.1) is 0 Å². The van der Waals surface area contributed by atoms with Crippen LogP contribution < -0.4 is 5.32 Å². The number of piperidine rings is 1. The van der Waals surface area contributed by atoms with Crippen LogP contribution in [0.4, 0.5) is 37.8 Å². The molecule has 2 aromatic heterocycles. The number of alkyl halides is 6. The van der Waals surface area contributed by atoms with Gasteiger partial charge in [-0.1, -0.05) is 6.07 Å². The molecular weight excluding hydrogens is 548 g/mol. The van der Waals surface area contributed by atoms with Crippen LogP contribution in [0.5, 0.6) is 0 Å². The molecule has 1 unspecified atom stereocenters. The predicted octanol–water partition coefficient (Wildman–Crippen LogP) is 6.72. The van der Waals surface area contributed by atoms with Crippen LogP contribution in [-0.2, 0) is 18.8 Å². The molecule has 0 aliphatic carbocycles. The van der Waals surface area contributed by atoms with Gasteiger partial charge in [0.2, 0.25) is 0 Å². The number of fused-ring (bicyclic) bond motifs is 1. The van der Waals surface area contributed by atoms with E-state index in [4.69, 9.17) is 0 Å². The number of benzene rings is 2. The third-order valence-corrected chi connectivity index (χ3v) is 7.12. The maximum Gasteiger partial charge on any atom is 0.418 e. The van der Waals surface area contributed by atoms with Crippen LogP contribution in [0.2, 0.25) is 0 Å². The number of halogens is 6. The fourth-order valence-electron chi connectivity index (χ4n) is 5.04. The first-order chi connectivity index (χ1) is 19.5. The number of aliphatic hydroxyl groups is 1. The maximum absolute atomic E-state index is 13.7. The molecule has 0 bridgehead atoms. The number of nitrogens with one attached hydrogen (secondary N) is 1. The Morgan fingerprint density at radius 2 is 1.73 bits per heavy atom. The van der Waals surface area contributed by atoms with Gasteiger partial charge in [-0.05, 0) is 73.8 Å². The van der Waals surface area contributed by atoms with Gasteiger partial charge in [0.05, 0.1) is 22.3 Å². The zero-order valence-electron chi connectivity index (χ0n) is 21.8. The monoisotopic (exact) mass is 575 g/mol. The van der Waals surface area contributed by atoms with Gasteiger partial charge in [0.15, 0.2) is 0 Å². The van der Waals surface area contributed by atoms with Crippen LogP contribution in [0.1, 0.15) is 29.8 Å². The van der Waals surface area contributed by atoms with E-state index >= 15 is 0 Å². The first-order valence-electron chi connectivity index (χ1n) is 13.1. The minimum atomic E-state index is -4.61. The molecule has 216 valence electrons. The van der Waals surface area contributed by atoms with Crippen molar-refractivity contribution >= 4 is 22.4 Å². The summed E-state index contributed by atoms with van der Waals surface area (Å²) < 4.78 is 80.2. The van der Waals surface area contributed by atoms with E-state index in [2.05, 4.69) is 25.2 Å². The minimum absolute atomic E-state index is 0.111. The second-order valence-corrected chi connectivity index (χ2v) is 10.1. The van der Waals surface area contributed by atoms with E-state index in [0.717, 1.165) is 44.1 Å². The standard InChI is InChI=1S/C29H27F6N5O/c30-28(31,32)20-6-8-21(9-7-20)37-27-22-10-5-19(26-23(29(33,34)35)4-1-12-36-26)15-24(22)38-25(39-27)11-14-40-13-2-3-18(16-40)17-41/h1,4-10,12,15,18,41H,2-3,11,13-14,16-17H2,(H,37,38,39). The molecule has 0 radical (unpaired) electrons. The summed E-state index contributed by atoms with van der Waals surface area (Å²) in [6.45, 7) is 2.33. The molecule has 5 rings (SSSR count). The summed E-state index contributed by atoms with van der Waals surface area (Å²) in [4.78, 5) is 15.5. The highest BCUT2D eigenvalue weighted by molar-refractivity contribution is 5.93. The molecule has 2 aromatic carbocycles. The molecular formula is C29H27F6N5O. The molecule has 1 aliphatic heterocycles. The first kappa shape index (κ1) is 28.7. The molecule has 2 N–H and O–H groups in total. The molecule has 0 amide bonds. The van der Waals surface area contributed by atoms with Crippen molar-refractivity contribution in [3.63, 3.8) is 0 Å². The van der Waals surface area contributed by atoms with Crippen molar-refractivity contribution in [3.8, 4) is 11.3 Å². The number of likely N-dealkylation sites (tertiary alicyclic amines) is 1. The van der Waals surface area contributed by atoms with Crippen molar-refractivity contribution in [1.82, 2.24) is 19.9 Å². The van der Waals surface area contributed by atoms with Crippen molar-refractivity contribution in [1.29, 1.82) is 0 Å². The number of hydrogen-bond acceptors (Lipinski definition) is 6. The number of hydrogen-bond donors (Lipinski definition) is 2. The third kappa shape index (κ3) is 6.76. The normalized spacial score (nSPS) is 16.7. The van der Waals surface area contributed by atoms with Crippen molar-refractivity contribution in [2.45, 2.75) is 31.6 Å². The van der Waals surface area contributed by atoms with Crippen molar-refractivity contribution in [2.24, 2.45) is 5.92 Å². The van der Waals surface area contributed by atoms with Crippen LogP contribution in [-0.4, -0.2) is 51.2 Å². The molecule has 6 nitrogen and oxygen atoms in total. The second-order valence-electron chi connectivity index (χ2n) is 10.1. The number of aromatic nitrogens is 3. The average molecular weight is 576 g/mol. The van der Waals surface area contributed by atoms with Crippen LogP contribution in [0, 0.1) is 5.92 Å². The summed E-state index contributed by atoms with van der Waals surface area (Å²) in [5.74, 6) is 0.939. The van der Waals surface area contributed by atoms with Crippen molar-refractivity contribution in [3.05, 3.63) is 77.7 Å². The van der Waals surface area contributed by atoms with E-state index < -0.39 is 23.5 Å². The number of pyridine rings is 1. The summed E-state index contributed by atoms with van der Waals surface area (Å²) in [5.41, 5.74) is -0.953. The number of aliphatic hydroxyl groups excluding tert-OH is 1. The number of anilines is 2. The highest BCUT2D eigenvalue weighted by atomic mass is 19.4. The van der Waals surface area contributed by atoms with Gasteiger partial charge in [0.25, 0.3) is 0 Å². The Hall–Kier alpha value is -3.77. The van der Waals surface area contributed by atoms with Gasteiger partial charge in [0, 0.05) is 49.0 Å². The molecule has 12 heteroatoms. The molecule has 1 atom stereocenters. The zero-order valence-corrected chi connectivity index (χ0v) is 21.8. The largest absolute Gasteiger partial charge is 0.418 e. The van der Waals surface area contributed by atoms with Crippen LogP contribution >= 0.6 is 0 Å². The van der Waals surface area contributed by atoms with E-state index in [9.17, 15) is 31.4 Å². The van der Waals surface area contributed by atoms with Crippen molar-refractivity contribution in [2.75, 3.05) is 31.6 Å². The SMILES string of the molecule is OCC1CCCN(CCc2nc(Nc3ccc(C(F)(F)F)cc3)c3ccc(-c4ncccc4C(F)(F)F)cc3n2)C1. The van der Waals surface area contributed by atoms with Gasteiger partial charge in [-0.3, -0.25) is 4.98 Å². The molecule has 41 heavy (non-hydrogen) atoms. The molecule has 3 heterocycles. The fraction of sp³-hybridized carbons (Fsp3) is 0.345. The Morgan fingerprint density at radius 3 is 2.44 bits per heavy atom. The van der Waals surface area contributed by atoms with E-state index in [-0.39, 0.29) is 23.8 Å². The number of nitrogens with zero attached hydrogens (tertiary/aromatic N) is 4. The highest BCUT2D eigenvalue weighted by Gasteiger charge is 2.34. The van der Waals surface area contributed by atoms with E-state index in [0.29, 0.717) is 41.2 Å². The summed E-state index contributed by atoms with van der Waals surface area (Å²) in [7, 11) is 0. The van der Waals surface area contributed by atoms with Gasteiger partial charge in [0.1, 0.15) is 11.6 Å². The Bertz CT molecular complexity index is 1510. The smallest absolute Gasteiger partial charge is 0.396 e. The maximum atomic E-state index is 13.7. The lowest BCUT2D eigenvalue weighted by molar-refractivity contribution is -0.138. The van der Waals surface area contributed by atoms with Crippen LogP contribution in [0.3, 0.4) is 0 Å².